The topological polar surface area (TPSA) is 114 Å². The maximum absolute atomic E-state index is 12.1. The standard InChI is InChI=1S/C13H18N6O3/c14-10(20)8-16-13(21)19-2-1-9-7-15-12(17-11(9)19)18-3-5-22-6-4-18/h7H,1-6,8H2,(H2,14,20)(H,16,21). The molecule has 0 atom stereocenters. The maximum atomic E-state index is 12.1. The van der Waals surface area contributed by atoms with Crippen molar-refractivity contribution in [2.24, 2.45) is 5.73 Å². The summed E-state index contributed by atoms with van der Waals surface area (Å²) in [6.07, 6.45) is 2.46. The van der Waals surface area contributed by atoms with Crippen LogP contribution >= 0.6 is 0 Å². The second-order valence-electron chi connectivity index (χ2n) is 5.14. The summed E-state index contributed by atoms with van der Waals surface area (Å²) in [7, 11) is 0. The van der Waals surface area contributed by atoms with E-state index in [0.29, 0.717) is 37.9 Å². The van der Waals surface area contributed by atoms with Crippen LogP contribution in [0.2, 0.25) is 0 Å². The van der Waals surface area contributed by atoms with Crippen LogP contribution in [0.15, 0.2) is 6.20 Å². The number of carbonyl (C=O) groups is 2. The number of nitrogens with zero attached hydrogens (tertiary/aromatic N) is 4. The molecule has 2 aliphatic heterocycles. The highest BCUT2D eigenvalue weighted by Crippen LogP contribution is 2.27. The van der Waals surface area contributed by atoms with Gasteiger partial charge in [0.1, 0.15) is 5.82 Å². The van der Waals surface area contributed by atoms with Crippen LogP contribution in [0.3, 0.4) is 0 Å². The molecule has 1 saturated heterocycles. The largest absolute Gasteiger partial charge is 0.378 e. The number of ether oxygens (including phenoxy) is 1. The summed E-state index contributed by atoms with van der Waals surface area (Å²) < 4.78 is 5.31. The van der Waals surface area contributed by atoms with E-state index in [1.165, 1.54) is 4.90 Å². The van der Waals surface area contributed by atoms with Gasteiger partial charge in [0.15, 0.2) is 0 Å². The molecule has 0 aromatic carbocycles. The monoisotopic (exact) mass is 306 g/mol. The van der Waals surface area contributed by atoms with Crippen LogP contribution in [-0.2, 0) is 16.0 Å². The molecule has 3 amide bonds. The number of hydrogen-bond acceptors (Lipinski definition) is 6. The van der Waals surface area contributed by atoms with Crippen molar-refractivity contribution in [2.75, 3.05) is 49.2 Å². The van der Waals surface area contributed by atoms with Crippen molar-refractivity contribution in [3.05, 3.63) is 11.8 Å². The Kier molecular flexibility index (Phi) is 4.05. The van der Waals surface area contributed by atoms with Crippen molar-refractivity contribution in [2.45, 2.75) is 6.42 Å². The summed E-state index contributed by atoms with van der Waals surface area (Å²) in [5.74, 6) is 0.611. The second-order valence-corrected chi connectivity index (χ2v) is 5.14. The molecule has 3 N–H and O–H groups in total. The van der Waals surface area contributed by atoms with E-state index in [2.05, 4.69) is 15.3 Å². The van der Waals surface area contributed by atoms with E-state index < -0.39 is 5.91 Å². The number of amides is 3. The van der Waals surface area contributed by atoms with Gasteiger partial charge in [0.05, 0.1) is 19.8 Å². The minimum absolute atomic E-state index is 0.188. The Labute approximate surface area is 127 Å². The molecule has 2 aliphatic rings. The summed E-state index contributed by atoms with van der Waals surface area (Å²) in [4.78, 5) is 35.3. The first-order chi connectivity index (χ1) is 10.6. The average Bonchev–Trinajstić information content (AvgIpc) is 2.96. The molecule has 0 spiro atoms. The van der Waals surface area contributed by atoms with E-state index in [-0.39, 0.29) is 12.6 Å². The van der Waals surface area contributed by atoms with Gasteiger partial charge in [0, 0.05) is 31.4 Å². The number of primary amides is 1. The quantitative estimate of drug-likeness (QED) is 0.730. The molecule has 9 nitrogen and oxygen atoms in total. The zero-order valence-corrected chi connectivity index (χ0v) is 12.1. The number of aromatic nitrogens is 2. The van der Waals surface area contributed by atoms with Gasteiger partial charge in [-0.25, -0.2) is 9.78 Å². The van der Waals surface area contributed by atoms with Crippen molar-refractivity contribution < 1.29 is 14.3 Å². The lowest BCUT2D eigenvalue weighted by Gasteiger charge is -2.27. The van der Waals surface area contributed by atoms with Gasteiger partial charge >= 0.3 is 6.03 Å². The van der Waals surface area contributed by atoms with Crippen molar-refractivity contribution >= 4 is 23.7 Å². The summed E-state index contributed by atoms with van der Waals surface area (Å²) >= 11 is 0. The average molecular weight is 306 g/mol. The molecule has 9 heteroatoms. The van der Waals surface area contributed by atoms with Gasteiger partial charge in [-0.15, -0.1) is 0 Å². The van der Waals surface area contributed by atoms with Gasteiger partial charge in [-0.3, -0.25) is 9.69 Å². The molecule has 1 aromatic heterocycles. The van der Waals surface area contributed by atoms with E-state index in [0.717, 1.165) is 18.7 Å². The Hall–Kier alpha value is -2.42. The maximum Gasteiger partial charge on any atom is 0.323 e. The Bertz CT molecular complexity index is 587. The van der Waals surface area contributed by atoms with Crippen molar-refractivity contribution in [3.8, 4) is 0 Å². The van der Waals surface area contributed by atoms with Crippen LogP contribution < -0.4 is 20.9 Å². The summed E-state index contributed by atoms with van der Waals surface area (Å²) in [5, 5.41) is 2.48. The van der Waals surface area contributed by atoms with Gasteiger partial charge in [0.2, 0.25) is 11.9 Å². The fourth-order valence-electron chi connectivity index (χ4n) is 2.51. The van der Waals surface area contributed by atoms with E-state index >= 15 is 0 Å². The van der Waals surface area contributed by atoms with Gasteiger partial charge in [-0.2, -0.15) is 4.98 Å². The van der Waals surface area contributed by atoms with Crippen LogP contribution in [0.4, 0.5) is 16.6 Å². The molecule has 118 valence electrons. The molecule has 0 radical (unpaired) electrons. The van der Waals surface area contributed by atoms with Crippen molar-refractivity contribution in [3.63, 3.8) is 0 Å². The lowest BCUT2D eigenvalue weighted by atomic mass is 10.3. The van der Waals surface area contributed by atoms with Crippen LogP contribution in [-0.4, -0.2) is 61.3 Å². The number of urea groups is 1. The lowest BCUT2D eigenvalue weighted by Crippen LogP contribution is -2.43. The third-order valence-electron chi connectivity index (χ3n) is 3.64. The number of anilines is 2. The SMILES string of the molecule is NC(=O)CNC(=O)N1CCc2cnc(N3CCOCC3)nc21. The van der Waals surface area contributed by atoms with Crippen LogP contribution in [0.1, 0.15) is 5.56 Å². The Morgan fingerprint density at radius 1 is 1.32 bits per heavy atom. The van der Waals surface area contributed by atoms with Crippen molar-refractivity contribution in [1.82, 2.24) is 15.3 Å². The zero-order valence-electron chi connectivity index (χ0n) is 12.1. The Balaban J connectivity index is 1.76. The van der Waals surface area contributed by atoms with E-state index in [9.17, 15) is 9.59 Å². The Morgan fingerprint density at radius 3 is 2.82 bits per heavy atom. The molecule has 3 heterocycles. The number of rotatable bonds is 3. The molecule has 0 unspecified atom stereocenters. The first-order valence-corrected chi connectivity index (χ1v) is 7.17. The number of morpholine rings is 1. The van der Waals surface area contributed by atoms with Crippen LogP contribution in [0.5, 0.6) is 0 Å². The number of nitrogens with two attached hydrogens (primary N) is 1. The fourth-order valence-corrected chi connectivity index (χ4v) is 2.51. The number of nitrogens with one attached hydrogen (secondary N) is 1. The minimum Gasteiger partial charge on any atom is -0.378 e. The first kappa shape index (κ1) is 14.5. The third kappa shape index (κ3) is 2.93. The number of fused-ring (bicyclic) bond motifs is 1. The number of carbonyl (C=O) groups excluding carboxylic acids is 2. The summed E-state index contributed by atoms with van der Waals surface area (Å²) in [6, 6.07) is -0.371. The highest BCUT2D eigenvalue weighted by atomic mass is 16.5. The molecular weight excluding hydrogens is 288 g/mol. The fraction of sp³-hybridized carbons (Fsp3) is 0.538. The molecule has 3 rings (SSSR count). The molecule has 0 bridgehead atoms. The highest BCUT2D eigenvalue weighted by Gasteiger charge is 2.28. The first-order valence-electron chi connectivity index (χ1n) is 7.17. The summed E-state index contributed by atoms with van der Waals surface area (Å²) in [5.41, 5.74) is 5.96. The number of hydrogen-bond donors (Lipinski definition) is 2. The normalized spacial score (nSPS) is 17.3. The molecule has 22 heavy (non-hydrogen) atoms. The molecular formula is C13H18N6O3. The third-order valence-corrected chi connectivity index (χ3v) is 3.64. The molecule has 1 fully saturated rings. The molecule has 0 aliphatic carbocycles. The second kappa shape index (κ2) is 6.14. The summed E-state index contributed by atoms with van der Waals surface area (Å²) in [6.45, 7) is 3.07. The Morgan fingerprint density at radius 2 is 2.09 bits per heavy atom. The minimum atomic E-state index is -0.579. The lowest BCUT2D eigenvalue weighted by molar-refractivity contribution is -0.117. The van der Waals surface area contributed by atoms with Crippen LogP contribution in [0, 0.1) is 0 Å². The van der Waals surface area contributed by atoms with E-state index in [4.69, 9.17) is 10.5 Å². The predicted molar refractivity (Wildman–Crippen MR) is 78.7 cm³/mol. The smallest absolute Gasteiger partial charge is 0.323 e. The van der Waals surface area contributed by atoms with Crippen LogP contribution in [0.25, 0.3) is 0 Å². The predicted octanol–water partition coefficient (Wildman–Crippen LogP) is -1.13. The van der Waals surface area contributed by atoms with E-state index in [1.807, 2.05) is 4.90 Å². The van der Waals surface area contributed by atoms with Gasteiger partial charge < -0.3 is 20.7 Å². The van der Waals surface area contributed by atoms with Gasteiger partial charge in [-0.1, -0.05) is 0 Å². The highest BCUT2D eigenvalue weighted by molar-refractivity contribution is 5.95. The molecule has 1 aromatic rings. The zero-order chi connectivity index (χ0) is 15.5. The molecule has 0 saturated carbocycles. The van der Waals surface area contributed by atoms with E-state index in [1.54, 1.807) is 6.20 Å². The van der Waals surface area contributed by atoms with Gasteiger partial charge in [-0.05, 0) is 6.42 Å². The van der Waals surface area contributed by atoms with Crippen molar-refractivity contribution in [1.29, 1.82) is 0 Å². The van der Waals surface area contributed by atoms with Gasteiger partial charge in [0.25, 0.3) is 0 Å².